The number of alkyl halides is 2. The van der Waals surface area contributed by atoms with Gasteiger partial charge in [-0.25, -0.2) is 0 Å². The zero-order valence-electron chi connectivity index (χ0n) is 15.8. The number of hydrogen-bond acceptors (Lipinski definition) is 0. The molecule has 2 heteroatoms. The van der Waals surface area contributed by atoms with Crippen molar-refractivity contribution >= 4 is 44.7 Å². The summed E-state index contributed by atoms with van der Waals surface area (Å²) in [6.07, 6.45) is 6.78. The van der Waals surface area contributed by atoms with Crippen LogP contribution in [-0.2, 0) is 0 Å². The van der Waals surface area contributed by atoms with Crippen molar-refractivity contribution in [1.29, 1.82) is 0 Å². The van der Waals surface area contributed by atoms with E-state index < -0.39 is 0 Å². The summed E-state index contributed by atoms with van der Waals surface area (Å²) in [5, 5.41) is 5.26. The van der Waals surface area contributed by atoms with E-state index in [0.717, 1.165) is 12.8 Å². The summed E-state index contributed by atoms with van der Waals surface area (Å²) in [5.74, 6) is 0. The smallest absolute Gasteiger partial charge is 0.0585 e. The van der Waals surface area contributed by atoms with E-state index in [4.69, 9.17) is 23.2 Å². The van der Waals surface area contributed by atoms with Gasteiger partial charge >= 0.3 is 0 Å². The number of rotatable bonds is 8. The van der Waals surface area contributed by atoms with Crippen LogP contribution in [0.1, 0.15) is 74.3 Å². The Balaban J connectivity index is 1.92. The molecule has 3 rings (SSSR count). The van der Waals surface area contributed by atoms with Crippen LogP contribution in [0.25, 0.3) is 21.5 Å². The van der Waals surface area contributed by atoms with Gasteiger partial charge in [0, 0.05) is 0 Å². The van der Waals surface area contributed by atoms with Crippen molar-refractivity contribution in [2.45, 2.75) is 63.1 Å². The average Bonchev–Trinajstić information content (AvgIpc) is 2.67. The predicted octanol–water partition coefficient (Wildman–Crippen LogP) is 8.93. The molecule has 3 aromatic carbocycles. The normalized spacial score (nSPS) is 14.0. The minimum Gasteiger partial charge on any atom is -0.118 e. The maximum Gasteiger partial charge on any atom is 0.0585 e. The molecule has 0 aliphatic heterocycles. The zero-order chi connectivity index (χ0) is 18.5. The molecule has 0 aliphatic carbocycles. The minimum absolute atomic E-state index is 0.105. The third-order valence-corrected chi connectivity index (χ3v) is 6.13. The highest BCUT2D eigenvalue weighted by Crippen LogP contribution is 2.33. The van der Waals surface area contributed by atoms with E-state index >= 15 is 0 Å². The molecule has 26 heavy (non-hydrogen) atoms. The average molecular weight is 387 g/mol. The summed E-state index contributed by atoms with van der Waals surface area (Å²) in [7, 11) is 0. The molecule has 2 atom stereocenters. The second-order valence-corrected chi connectivity index (χ2v) is 8.34. The SMILES string of the molecule is CCCCC(Cl)c1ccc2cc3cc(C(Cl)CCCC)ccc3cc2c1. The van der Waals surface area contributed by atoms with Crippen molar-refractivity contribution in [3.63, 3.8) is 0 Å². The fraction of sp³-hybridized carbons (Fsp3) is 0.417. The number of fused-ring (bicyclic) bond motifs is 2. The number of benzene rings is 3. The third-order valence-electron chi connectivity index (χ3n) is 5.19. The first-order valence-electron chi connectivity index (χ1n) is 9.88. The molecule has 0 aromatic heterocycles. The van der Waals surface area contributed by atoms with E-state index in [1.807, 2.05) is 0 Å². The molecule has 0 bridgehead atoms. The summed E-state index contributed by atoms with van der Waals surface area (Å²) in [6.45, 7) is 4.41. The Hall–Kier alpha value is -1.24. The van der Waals surface area contributed by atoms with Crippen LogP contribution in [0.4, 0.5) is 0 Å². The molecule has 2 unspecified atom stereocenters. The second kappa shape index (κ2) is 9.11. The lowest BCUT2D eigenvalue weighted by Gasteiger charge is -2.13. The van der Waals surface area contributed by atoms with Gasteiger partial charge < -0.3 is 0 Å². The van der Waals surface area contributed by atoms with Crippen molar-refractivity contribution in [2.75, 3.05) is 0 Å². The maximum atomic E-state index is 6.59. The quantitative estimate of drug-likeness (QED) is 0.267. The Morgan fingerprint density at radius 3 is 1.42 bits per heavy atom. The Morgan fingerprint density at radius 2 is 1.04 bits per heavy atom. The molecule has 0 spiro atoms. The molecule has 0 nitrogen and oxygen atoms in total. The number of hydrogen-bond donors (Lipinski definition) is 0. The van der Waals surface area contributed by atoms with Crippen molar-refractivity contribution in [3.8, 4) is 0 Å². The number of halogens is 2. The van der Waals surface area contributed by atoms with Gasteiger partial charge in [-0.2, -0.15) is 0 Å². The first-order chi connectivity index (χ1) is 12.6. The van der Waals surface area contributed by atoms with Crippen LogP contribution >= 0.6 is 23.2 Å². The summed E-state index contributed by atoms with van der Waals surface area (Å²) in [4.78, 5) is 0. The number of unbranched alkanes of at least 4 members (excludes halogenated alkanes) is 2. The van der Waals surface area contributed by atoms with Gasteiger partial charge in [-0.3, -0.25) is 0 Å². The Bertz CT molecular complexity index is 795. The third kappa shape index (κ3) is 4.53. The van der Waals surface area contributed by atoms with Gasteiger partial charge in [0.25, 0.3) is 0 Å². The van der Waals surface area contributed by atoms with Gasteiger partial charge in [-0.1, -0.05) is 63.8 Å². The Kier molecular flexibility index (Phi) is 6.84. The molecule has 0 radical (unpaired) electrons. The van der Waals surface area contributed by atoms with Gasteiger partial charge in [0.05, 0.1) is 10.8 Å². The van der Waals surface area contributed by atoms with Gasteiger partial charge in [0.15, 0.2) is 0 Å². The topological polar surface area (TPSA) is 0 Å². The lowest BCUT2D eigenvalue weighted by Crippen LogP contribution is -1.92. The molecule has 0 N–H and O–H groups in total. The molecular weight excluding hydrogens is 359 g/mol. The minimum atomic E-state index is 0.105. The van der Waals surface area contributed by atoms with Crippen LogP contribution < -0.4 is 0 Å². The standard InChI is InChI=1S/C24H28Cl2/c1-3-5-7-23(25)19-11-9-17-14-22-16-20(24(26)8-6-4-2)12-10-18(22)13-21(17)15-19/h9-16,23-24H,3-8H2,1-2H3. The Labute approximate surface area is 167 Å². The molecule has 0 aliphatic rings. The van der Waals surface area contributed by atoms with Crippen LogP contribution in [0, 0.1) is 0 Å². The van der Waals surface area contributed by atoms with Gasteiger partial charge in [-0.05, 0) is 69.8 Å². The highest BCUT2D eigenvalue weighted by molar-refractivity contribution is 6.21. The first kappa shape index (κ1) is 19.5. The molecule has 0 saturated carbocycles. The highest BCUT2D eigenvalue weighted by atomic mass is 35.5. The van der Waals surface area contributed by atoms with Crippen LogP contribution in [0.3, 0.4) is 0 Å². The summed E-state index contributed by atoms with van der Waals surface area (Å²) >= 11 is 13.2. The first-order valence-corrected chi connectivity index (χ1v) is 10.7. The molecule has 0 saturated heterocycles. The van der Waals surface area contributed by atoms with Crippen molar-refractivity contribution < 1.29 is 0 Å². The largest absolute Gasteiger partial charge is 0.118 e. The van der Waals surface area contributed by atoms with Crippen molar-refractivity contribution in [3.05, 3.63) is 59.7 Å². The van der Waals surface area contributed by atoms with Crippen LogP contribution in [0.5, 0.6) is 0 Å². The molecular formula is C24H28Cl2. The van der Waals surface area contributed by atoms with E-state index in [9.17, 15) is 0 Å². The predicted molar refractivity (Wildman–Crippen MR) is 118 cm³/mol. The van der Waals surface area contributed by atoms with Gasteiger partial charge in [-0.15, -0.1) is 23.2 Å². The summed E-state index contributed by atoms with van der Waals surface area (Å²) < 4.78 is 0. The van der Waals surface area contributed by atoms with E-state index in [2.05, 4.69) is 62.4 Å². The van der Waals surface area contributed by atoms with E-state index in [0.29, 0.717) is 0 Å². The lowest BCUT2D eigenvalue weighted by molar-refractivity contribution is 0.701. The molecule has 0 heterocycles. The molecule has 0 amide bonds. The lowest BCUT2D eigenvalue weighted by atomic mass is 9.97. The van der Waals surface area contributed by atoms with Gasteiger partial charge in [0.1, 0.15) is 0 Å². The fourth-order valence-electron chi connectivity index (χ4n) is 3.52. The van der Waals surface area contributed by atoms with Gasteiger partial charge in [0.2, 0.25) is 0 Å². The van der Waals surface area contributed by atoms with E-state index in [-0.39, 0.29) is 10.8 Å². The summed E-state index contributed by atoms with van der Waals surface area (Å²) in [5.41, 5.74) is 2.45. The molecule has 138 valence electrons. The molecule has 3 aromatic rings. The fourth-order valence-corrected chi connectivity index (χ4v) is 4.10. The van der Waals surface area contributed by atoms with E-state index in [1.54, 1.807) is 0 Å². The monoisotopic (exact) mass is 386 g/mol. The zero-order valence-corrected chi connectivity index (χ0v) is 17.3. The highest BCUT2D eigenvalue weighted by Gasteiger charge is 2.10. The molecule has 0 fully saturated rings. The van der Waals surface area contributed by atoms with Crippen molar-refractivity contribution in [1.82, 2.24) is 0 Å². The second-order valence-electron chi connectivity index (χ2n) is 7.28. The van der Waals surface area contributed by atoms with Crippen LogP contribution in [0.15, 0.2) is 48.5 Å². The van der Waals surface area contributed by atoms with Crippen molar-refractivity contribution in [2.24, 2.45) is 0 Å². The maximum absolute atomic E-state index is 6.59. The van der Waals surface area contributed by atoms with E-state index in [1.165, 1.54) is 58.4 Å². The summed E-state index contributed by atoms with van der Waals surface area (Å²) in [6, 6.07) is 17.8. The van der Waals surface area contributed by atoms with Crippen LogP contribution in [-0.4, -0.2) is 0 Å². The van der Waals surface area contributed by atoms with Crippen LogP contribution in [0.2, 0.25) is 0 Å². The Morgan fingerprint density at radius 1 is 0.615 bits per heavy atom.